The van der Waals surface area contributed by atoms with Gasteiger partial charge in [0.05, 0.1) is 12.3 Å². The minimum absolute atomic E-state index is 0.158. The molecule has 0 aliphatic heterocycles. The fourth-order valence-electron chi connectivity index (χ4n) is 1.07. The number of hydrogen-bond acceptors (Lipinski definition) is 5. The lowest BCUT2D eigenvalue weighted by atomic mass is 10.1. The molecule has 5 nitrogen and oxygen atoms in total. The number of aliphatic hydroxyl groups is 2. The van der Waals surface area contributed by atoms with Crippen LogP contribution in [0.3, 0.4) is 0 Å². The first-order valence-corrected chi connectivity index (χ1v) is 4.60. The van der Waals surface area contributed by atoms with Gasteiger partial charge in [0.15, 0.2) is 6.10 Å². The average molecular weight is 211 g/mol. The fourth-order valence-corrected chi connectivity index (χ4v) is 1.07. The van der Waals surface area contributed by atoms with E-state index in [1.54, 1.807) is 19.1 Å². The second-order valence-corrected chi connectivity index (χ2v) is 2.90. The molecule has 0 saturated heterocycles. The minimum atomic E-state index is -1.60. The number of ether oxygens (including phenoxy) is 1. The highest BCUT2D eigenvalue weighted by Crippen LogP contribution is 2.14. The molecule has 0 aromatic carbocycles. The molecule has 0 aliphatic carbocycles. The predicted molar refractivity (Wildman–Crippen MR) is 51.8 cm³/mol. The van der Waals surface area contributed by atoms with Crippen molar-refractivity contribution in [2.75, 3.05) is 6.61 Å². The summed E-state index contributed by atoms with van der Waals surface area (Å²) in [4.78, 5) is 14.9. The van der Waals surface area contributed by atoms with Crippen molar-refractivity contribution in [1.29, 1.82) is 0 Å². The monoisotopic (exact) mass is 211 g/mol. The lowest BCUT2D eigenvalue weighted by Gasteiger charge is -2.15. The van der Waals surface area contributed by atoms with Crippen LogP contribution in [0.1, 0.15) is 18.7 Å². The summed E-state index contributed by atoms with van der Waals surface area (Å²) in [6.07, 6.45) is -1.48. The van der Waals surface area contributed by atoms with Crippen molar-refractivity contribution in [3.63, 3.8) is 0 Å². The summed E-state index contributed by atoms with van der Waals surface area (Å²) in [5.74, 6) is -0.851. The maximum Gasteiger partial charge on any atom is 0.338 e. The number of nitrogens with zero attached hydrogens (tertiary/aromatic N) is 1. The average Bonchev–Trinajstić information content (AvgIpc) is 2.28. The lowest BCUT2D eigenvalue weighted by molar-refractivity contribution is -0.159. The number of rotatable bonds is 4. The Balaban J connectivity index is 2.68. The Hall–Kier alpha value is -1.46. The van der Waals surface area contributed by atoms with E-state index in [9.17, 15) is 15.0 Å². The van der Waals surface area contributed by atoms with Crippen LogP contribution in [0, 0.1) is 0 Å². The third kappa shape index (κ3) is 3.00. The van der Waals surface area contributed by atoms with Crippen LogP contribution in [0.2, 0.25) is 0 Å². The molecule has 1 heterocycles. The van der Waals surface area contributed by atoms with Gasteiger partial charge < -0.3 is 14.9 Å². The first-order chi connectivity index (χ1) is 7.16. The van der Waals surface area contributed by atoms with Gasteiger partial charge in [0.1, 0.15) is 6.10 Å². The van der Waals surface area contributed by atoms with Crippen molar-refractivity contribution < 1.29 is 19.7 Å². The Bertz CT molecular complexity index is 314. The van der Waals surface area contributed by atoms with Crippen molar-refractivity contribution in [2.24, 2.45) is 0 Å². The fraction of sp³-hybridized carbons (Fsp3) is 0.400. The van der Waals surface area contributed by atoms with Crippen molar-refractivity contribution in [2.45, 2.75) is 19.1 Å². The predicted octanol–water partition coefficient (Wildman–Crippen LogP) is 0.0390. The minimum Gasteiger partial charge on any atom is -0.464 e. The molecule has 0 radical (unpaired) electrons. The van der Waals surface area contributed by atoms with Crippen LogP contribution in [0.15, 0.2) is 24.4 Å². The molecule has 5 heteroatoms. The molecule has 0 saturated carbocycles. The van der Waals surface area contributed by atoms with Gasteiger partial charge in [0.25, 0.3) is 0 Å². The van der Waals surface area contributed by atoms with Crippen LogP contribution in [0.25, 0.3) is 0 Å². The molecule has 0 aliphatic rings. The molecule has 15 heavy (non-hydrogen) atoms. The van der Waals surface area contributed by atoms with E-state index < -0.39 is 18.2 Å². The first kappa shape index (κ1) is 11.6. The zero-order valence-corrected chi connectivity index (χ0v) is 8.33. The van der Waals surface area contributed by atoms with Crippen molar-refractivity contribution >= 4 is 5.97 Å². The van der Waals surface area contributed by atoms with Crippen LogP contribution in [0.4, 0.5) is 0 Å². The number of carbonyl (C=O) groups excluding carboxylic acids is 1. The Morgan fingerprint density at radius 2 is 2.27 bits per heavy atom. The number of carbonyl (C=O) groups is 1. The highest BCUT2D eigenvalue weighted by atomic mass is 16.5. The molecule has 0 spiro atoms. The summed E-state index contributed by atoms with van der Waals surface area (Å²) >= 11 is 0. The standard InChI is InChI=1S/C10H13NO4/c1-2-15-10(14)9(13)8(12)7-5-3-4-6-11-7/h3-6,8-9,12-13H,2H2,1H3. The van der Waals surface area contributed by atoms with Gasteiger partial charge in [-0.2, -0.15) is 0 Å². The SMILES string of the molecule is CCOC(=O)C(O)C(O)c1ccccn1. The number of aromatic nitrogens is 1. The summed E-state index contributed by atoms with van der Waals surface area (Å²) < 4.78 is 4.57. The van der Waals surface area contributed by atoms with Gasteiger partial charge in [-0.15, -0.1) is 0 Å². The van der Waals surface area contributed by atoms with Crippen LogP contribution in [0.5, 0.6) is 0 Å². The maximum atomic E-state index is 11.1. The third-order valence-corrected chi connectivity index (χ3v) is 1.82. The smallest absolute Gasteiger partial charge is 0.338 e. The molecule has 1 rings (SSSR count). The van der Waals surface area contributed by atoms with Gasteiger partial charge in [0.2, 0.25) is 0 Å². The van der Waals surface area contributed by atoms with Gasteiger partial charge in [-0.05, 0) is 19.1 Å². The largest absolute Gasteiger partial charge is 0.464 e. The van der Waals surface area contributed by atoms with E-state index in [0.717, 1.165) is 0 Å². The normalized spacial score (nSPS) is 14.3. The molecule has 2 N–H and O–H groups in total. The second kappa shape index (κ2) is 5.43. The van der Waals surface area contributed by atoms with E-state index >= 15 is 0 Å². The van der Waals surface area contributed by atoms with Gasteiger partial charge in [-0.25, -0.2) is 4.79 Å². The zero-order valence-electron chi connectivity index (χ0n) is 8.33. The Labute approximate surface area is 87.3 Å². The highest BCUT2D eigenvalue weighted by molar-refractivity contribution is 5.75. The summed E-state index contributed by atoms with van der Waals surface area (Å²) in [5, 5.41) is 19.0. The van der Waals surface area contributed by atoms with E-state index in [1.807, 2.05) is 0 Å². The number of esters is 1. The molecule has 0 fully saturated rings. The van der Waals surface area contributed by atoms with Crippen molar-refractivity contribution in [3.05, 3.63) is 30.1 Å². The second-order valence-electron chi connectivity index (χ2n) is 2.90. The number of aliphatic hydroxyl groups excluding tert-OH is 2. The zero-order chi connectivity index (χ0) is 11.3. The summed E-state index contributed by atoms with van der Waals surface area (Å²) in [7, 11) is 0. The quantitative estimate of drug-likeness (QED) is 0.687. The van der Waals surface area contributed by atoms with Crippen molar-refractivity contribution in [3.8, 4) is 0 Å². The summed E-state index contributed by atoms with van der Waals surface area (Å²) in [6, 6.07) is 4.85. The maximum absolute atomic E-state index is 11.1. The van der Waals surface area contributed by atoms with Crippen LogP contribution in [-0.2, 0) is 9.53 Å². The van der Waals surface area contributed by atoms with E-state index in [1.165, 1.54) is 12.3 Å². The Kier molecular flexibility index (Phi) is 4.20. The van der Waals surface area contributed by atoms with Crippen molar-refractivity contribution in [1.82, 2.24) is 4.98 Å². The molecule has 82 valence electrons. The molecule has 2 atom stereocenters. The molecule has 2 unspecified atom stereocenters. The molecule has 1 aromatic heterocycles. The Morgan fingerprint density at radius 1 is 1.53 bits per heavy atom. The Morgan fingerprint density at radius 3 is 2.80 bits per heavy atom. The van der Waals surface area contributed by atoms with E-state index in [2.05, 4.69) is 9.72 Å². The highest BCUT2D eigenvalue weighted by Gasteiger charge is 2.27. The summed E-state index contributed by atoms with van der Waals surface area (Å²) in [5.41, 5.74) is 0.234. The topological polar surface area (TPSA) is 79.7 Å². The first-order valence-electron chi connectivity index (χ1n) is 4.60. The van der Waals surface area contributed by atoms with Crippen LogP contribution in [-0.4, -0.2) is 33.9 Å². The number of pyridine rings is 1. The molecule has 0 bridgehead atoms. The van der Waals surface area contributed by atoms with Crippen LogP contribution >= 0.6 is 0 Å². The summed E-state index contributed by atoms with van der Waals surface area (Å²) in [6.45, 7) is 1.78. The van der Waals surface area contributed by atoms with Gasteiger partial charge in [0, 0.05) is 6.20 Å². The molecular weight excluding hydrogens is 198 g/mol. The number of hydrogen-bond donors (Lipinski definition) is 2. The molecular formula is C10H13NO4. The van der Waals surface area contributed by atoms with E-state index in [0.29, 0.717) is 0 Å². The van der Waals surface area contributed by atoms with Gasteiger partial charge >= 0.3 is 5.97 Å². The molecule has 1 aromatic rings. The lowest BCUT2D eigenvalue weighted by Crippen LogP contribution is -2.30. The van der Waals surface area contributed by atoms with E-state index in [-0.39, 0.29) is 12.3 Å². The third-order valence-electron chi connectivity index (χ3n) is 1.82. The van der Waals surface area contributed by atoms with E-state index in [4.69, 9.17) is 0 Å². The van der Waals surface area contributed by atoms with Gasteiger partial charge in [-0.1, -0.05) is 6.07 Å². The van der Waals surface area contributed by atoms with Gasteiger partial charge in [-0.3, -0.25) is 4.98 Å². The van der Waals surface area contributed by atoms with Crippen LogP contribution < -0.4 is 0 Å². The molecule has 0 amide bonds.